The second-order valence-electron chi connectivity index (χ2n) is 5.57. The van der Waals surface area contributed by atoms with Crippen LogP contribution >= 0.6 is 11.8 Å². The van der Waals surface area contributed by atoms with E-state index >= 15 is 0 Å². The van der Waals surface area contributed by atoms with Gasteiger partial charge in [0.1, 0.15) is 0 Å². The largest absolute Gasteiger partial charge is 0.490 e. The number of fused-ring (bicyclic) bond motifs is 1. The Balaban J connectivity index is 1.75. The molecule has 1 N–H and O–H groups in total. The molecule has 0 aliphatic carbocycles. The van der Waals surface area contributed by atoms with Crippen LogP contribution in [0.5, 0.6) is 5.75 Å². The molecule has 0 saturated heterocycles. The number of aliphatic hydroxyl groups excluding tert-OH is 1. The molecule has 0 saturated carbocycles. The molecule has 3 aromatic rings. The molecule has 3 rings (SSSR count). The van der Waals surface area contributed by atoms with Gasteiger partial charge in [-0.1, -0.05) is 36.0 Å². The second-order valence-corrected chi connectivity index (χ2v) is 6.63. The van der Waals surface area contributed by atoms with Crippen molar-refractivity contribution in [2.75, 3.05) is 19.0 Å². The Morgan fingerprint density at radius 3 is 2.73 bits per heavy atom. The first kappa shape index (κ1) is 18.4. The highest BCUT2D eigenvalue weighted by molar-refractivity contribution is 7.99. The van der Waals surface area contributed by atoms with Gasteiger partial charge in [0.25, 0.3) is 5.56 Å². The number of aliphatic hydroxyl groups is 1. The highest BCUT2D eigenvalue weighted by Gasteiger charge is 2.11. The quantitative estimate of drug-likeness (QED) is 0.373. The van der Waals surface area contributed by atoms with Crippen LogP contribution in [0.25, 0.3) is 10.9 Å². The highest BCUT2D eigenvalue weighted by Crippen LogP contribution is 2.20. The predicted molar refractivity (Wildman–Crippen MR) is 100 cm³/mol. The lowest BCUT2D eigenvalue weighted by atomic mass is 10.2. The molecule has 5 nitrogen and oxygen atoms in total. The number of hydrogen-bond donors (Lipinski definition) is 1. The van der Waals surface area contributed by atoms with Crippen molar-refractivity contribution in [2.45, 2.75) is 18.1 Å². The van der Waals surface area contributed by atoms with E-state index in [-0.39, 0.29) is 24.5 Å². The van der Waals surface area contributed by atoms with Crippen molar-refractivity contribution in [1.29, 1.82) is 0 Å². The van der Waals surface area contributed by atoms with Gasteiger partial charge in [-0.2, -0.15) is 0 Å². The zero-order valence-corrected chi connectivity index (χ0v) is 14.9. The predicted octanol–water partition coefficient (Wildman–Crippen LogP) is 3.09. The normalized spacial score (nSPS) is 11.0. The number of nitrogens with zero attached hydrogens (tertiary/aromatic N) is 2. The van der Waals surface area contributed by atoms with Crippen LogP contribution in [0.4, 0.5) is 4.39 Å². The molecule has 0 bridgehead atoms. The van der Waals surface area contributed by atoms with Gasteiger partial charge in [0.05, 0.1) is 17.5 Å². The van der Waals surface area contributed by atoms with Gasteiger partial charge < -0.3 is 9.84 Å². The van der Waals surface area contributed by atoms with Crippen LogP contribution in [0.15, 0.2) is 58.5 Å². The number of para-hydroxylation sites is 2. The third-order valence-electron chi connectivity index (χ3n) is 3.78. The van der Waals surface area contributed by atoms with E-state index in [2.05, 4.69) is 4.98 Å². The zero-order valence-electron chi connectivity index (χ0n) is 14.1. The van der Waals surface area contributed by atoms with Crippen molar-refractivity contribution in [1.82, 2.24) is 9.55 Å². The van der Waals surface area contributed by atoms with Gasteiger partial charge in [-0.15, -0.1) is 0 Å². The maximum Gasteiger partial charge on any atom is 0.262 e. The standard InChI is InChI=1S/C19H19FN2O3S/c20-15-7-2-4-9-17(15)25-12-13-26-19-21-16-8-3-1-6-14(16)18(24)22(19)10-5-11-23/h1-4,6-9,23H,5,10-13H2. The van der Waals surface area contributed by atoms with E-state index in [4.69, 9.17) is 9.84 Å². The molecule has 136 valence electrons. The number of benzene rings is 2. The van der Waals surface area contributed by atoms with E-state index in [1.165, 1.54) is 17.8 Å². The number of halogens is 1. The van der Waals surface area contributed by atoms with Gasteiger partial charge >= 0.3 is 0 Å². The number of ether oxygens (including phenoxy) is 1. The van der Waals surface area contributed by atoms with Crippen molar-refractivity contribution in [2.24, 2.45) is 0 Å². The summed E-state index contributed by atoms with van der Waals surface area (Å²) in [7, 11) is 0. The smallest absolute Gasteiger partial charge is 0.262 e. The second kappa shape index (κ2) is 8.82. The topological polar surface area (TPSA) is 64.3 Å². The first-order valence-corrected chi connectivity index (χ1v) is 9.30. The Kier molecular flexibility index (Phi) is 6.25. The zero-order chi connectivity index (χ0) is 18.4. The summed E-state index contributed by atoms with van der Waals surface area (Å²) >= 11 is 1.37. The van der Waals surface area contributed by atoms with Crippen molar-refractivity contribution in [3.63, 3.8) is 0 Å². The van der Waals surface area contributed by atoms with Crippen molar-refractivity contribution in [3.05, 3.63) is 64.7 Å². The summed E-state index contributed by atoms with van der Waals surface area (Å²) in [5.74, 6) is 0.316. The average molecular weight is 374 g/mol. The molecule has 2 aromatic carbocycles. The minimum atomic E-state index is -0.402. The SMILES string of the molecule is O=c1c2ccccc2nc(SCCOc2ccccc2F)n1CCCO. The molecule has 0 spiro atoms. The summed E-state index contributed by atoms with van der Waals surface area (Å²) in [6.07, 6.45) is 0.471. The molecule has 1 aromatic heterocycles. The van der Waals surface area contributed by atoms with Crippen LogP contribution in [0.2, 0.25) is 0 Å². The van der Waals surface area contributed by atoms with Crippen LogP contribution in [-0.2, 0) is 6.54 Å². The highest BCUT2D eigenvalue weighted by atomic mass is 32.2. The van der Waals surface area contributed by atoms with Gasteiger partial charge in [0.2, 0.25) is 0 Å². The van der Waals surface area contributed by atoms with Crippen LogP contribution in [-0.4, -0.2) is 33.6 Å². The van der Waals surface area contributed by atoms with E-state index < -0.39 is 5.82 Å². The van der Waals surface area contributed by atoms with Crippen LogP contribution in [0, 0.1) is 5.82 Å². The molecule has 7 heteroatoms. The van der Waals surface area contributed by atoms with Gasteiger partial charge in [-0.05, 0) is 30.7 Å². The molecule has 0 aliphatic rings. The monoisotopic (exact) mass is 374 g/mol. The first-order valence-electron chi connectivity index (χ1n) is 8.31. The molecule has 0 atom stereocenters. The summed E-state index contributed by atoms with van der Waals surface area (Å²) in [6, 6.07) is 13.4. The Labute approximate surface area is 154 Å². The van der Waals surface area contributed by atoms with Gasteiger partial charge in [0, 0.05) is 18.9 Å². The molecule has 26 heavy (non-hydrogen) atoms. The van der Waals surface area contributed by atoms with Crippen molar-refractivity contribution >= 4 is 22.7 Å². The third kappa shape index (κ3) is 4.23. The molecule has 1 heterocycles. The Morgan fingerprint density at radius 1 is 1.15 bits per heavy atom. The van der Waals surface area contributed by atoms with Crippen molar-refractivity contribution < 1.29 is 14.2 Å². The average Bonchev–Trinajstić information content (AvgIpc) is 2.66. The van der Waals surface area contributed by atoms with Gasteiger partial charge in [0.15, 0.2) is 16.7 Å². The Morgan fingerprint density at radius 2 is 1.92 bits per heavy atom. The molecule has 0 amide bonds. The summed E-state index contributed by atoms with van der Waals surface area (Å²) in [5, 5.41) is 10.2. The van der Waals surface area contributed by atoms with Crippen LogP contribution in [0.3, 0.4) is 0 Å². The van der Waals surface area contributed by atoms with Gasteiger partial charge in [-0.3, -0.25) is 9.36 Å². The molecule has 0 fully saturated rings. The molecular weight excluding hydrogens is 355 g/mol. The number of aromatic nitrogens is 2. The lowest BCUT2D eigenvalue weighted by Gasteiger charge is -2.13. The number of thioether (sulfide) groups is 1. The van der Waals surface area contributed by atoms with E-state index in [1.807, 2.05) is 6.07 Å². The van der Waals surface area contributed by atoms with E-state index in [0.29, 0.717) is 34.8 Å². The van der Waals surface area contributed by atoms with Crippen molar-refractivity contribution in [3.8, 4) is 5.75 Å². The number of rotatable bonds is 8. The summed E-state index contributed by atoms with van der Waals surface area (Å²) in [6.45, 7) is 0.678. The lowest BCUT2D eigenvalue weighted by molar-refractivity contribution is 0.276. The van der Waals surface area contributed by atoms with E-state index in [0.717, 1.165) is 0 Å². The van der Waals surface area contributed by atoms with E-state index in [9.17, 15) is 9.18 Å². The Bertz CT molecular complexity index is 945. The lowest BCUT2D eigenvalue weighted by Crippen LogP contribution is -2.24. The van der Waals surface area contributed by atoms with E-state index in [1.54, 1.807) is 41.0 Å². The van der Waals surface area contributed by atoms with Crippen LogP contribution < -0.4 is 10.3 Å². The summed E-state index contributed by atoms with van der Waals surface area (Å²) in [5.41, 5.74) is 0.511. The molecular formula is C19H19FN2O3S. The number of hydrogen-bond acceptors (Lipinski definition) is 5. The fourth-order valence-corrected chi connectivity index (χ4v) is 3.37. The maximum atomic E-state index is 13.6. The minimum Gasteiger partial charge on any atom is -0.490 e. The maximum absolute atomic E-state index is 13.6. The first-order chi connectivity index (χ1) is 12.7. The molecule has 0 unspecified atom stereocenters. The summed E-state index contributed by atoms with van der Waals surface area (Å²) < 4.78 is 20.6. The summed E-state index contributed by atoms with van der Waals surface area (Å²) in [4.78, 5) is 17.3. The van der Waals surface area contributed by atoms with Crippen LogP contribution in [0.1, 0.15) is 6.42 Å². The molecule has 0 radical (unpaired) electrons. The minimum absolute atomic E-state index is 0.000230. The third-order valence-corrected chi connectivity index (χ3v) is 4.72. The fourth-order valence-electron chi connectivity index (χ4n) is 2.53. The fraction of sp³-hybridized carbons (Fsp3) is 0.263. The Hall–Kier alpha value is -2.38. The molecule has 0 aliphatic heterocycles. The van der Waals surface area contributed by atoms with Gasteiger partial charge in [-0.25, -0.2) is 9.37 Å².